The summed E-state index contributed by atoms with van der Waals surface area (Å²) < 4.78 is 0. The lowest BCUT2D eigenvalue weighted by Crippen LogP contribution is -2.39. The number of aliphatic carboxylic acids is 1. The van der Waals surface area contributed by atoms with E-state index in [1.54, 1.807) is 0 Å². The van der Waals surface area contributed by atoms with Gasteiger partial charge in [0.25, 0.3) is 0 Å². The molecule has 0 fully saturated rings. The van der Waals surface area contributed by atoms with E-state index in [1.807, 2.05) is 14.0 Å². The van der Waals surface area contributed by atoms with Gasteiger partial charge in [0, 0.05) is 0 Å². The molecule has 0 heterocycles. The van der Waals surface area contributed by atoms with E-state index < -0.39 is 12.0 Å². The zero-order chi connectivity index (χ0) is 11.7. The van der Waals surface area contributed by atoms with Crippen molar-refractivity contribution in [1.82, 2.24) is 10.2 Å². The molecular weight excluding hydrogens is 192 g/mol. The van der Waals surface area contributed by atoms with E-state index in [1.165, 1.54) is 12.8 Å². The van der Waals surface area contributed by atoms with Crippen molar-refractivity contribution >= 4 is 5.97 Å². The zero-order valence-electron chi connectivity index (χ0n) is 10.1. The van der Waals surface area contributed by atoms with E-state index >= 15 is 0 Å². The van der Waals surface area contributed by atoms with Crippen LogP contribution in [0, 0.1) is 0 Å². The fourth-order valence-electron chi connectivity index (χ4n) is 1.45. The van der Waals surface area contributed by atoms with E-state index in [4.69, 9.17) is 5.11 Å². The fourth-order valence-corrected chi connectivity index (χ4v) is 1.45. The van der Waals surface area contributed by atoms with E-state index in [-0.39, 0.29) is 0 Å². The normalized spacial score (nSPS) is 13.1. The molecule has 4 nitrogen and oxygen atoms in total. The maximum Gasteiger partial charge on any atom is 0.320 e. The molecule has 0 aromatic rings. The van der Waals surface area contributed by atoms with Gasteiger partial charge in [0.05, 0.1) is 0 Å². The van der Waals surface area contributed by atoms with Gasteiger partial charge in [-0.1, -0.05) is 20.3 Å². The van der Waals surface area contributed by atoms with Crippen LogP contribution in [0.4, 0.5) is 0 Å². The van der Waals surface area contributed by atoms with E-state index in [0.717, 1.165) is 13.1 Å². The standard InChI is InChI=1S/C11H24N2O2/c1-4-6-8-13(3)9-7-10(11(14)15)12-5-2/h10,12H,4-9H2,1-3H3,(H,14,15). The molecule has 90 valence electrons. The van der Waals surface area contributed by atoms with Crippen LogP contribution in [0.5, 0.6) is 0 Å². The van der Waals surface area contributed by atoms with Crippen molar-refractivity contribution in [2.45, 2.75) is 39.2 Å². The number of hydrogen-bond donors (Lipinski definition) is 2. The highest BCUT2D eigenvalue weighted by Crippen LogP contribution is 1.97. The summed E-state index contributed by atoms with van der Waals surface area (Å²) in [4.78, 5) is 13.0. The van der Waals surface area contributed by atoms with E-state index in [9.17, 15) is 4.79 Å². The van der Waals surface area contributed by atoms with Crippen LogP contribution in [-0.4, -0.2) is 48.7 Å². The van der Waals surface area contributed by atoms with E-state index in [2.05, 4.69) is 17.1 Å². The Kier molecular flexibility index (Phi) is 8.33. The summed E-state index contributed by atoms with van der Waals surface area (Å²) in [6.07, 6.45) is 3.03. The molecule has 2 N–H and O–H groups in total. The van der Waals surface area contributed by atoms with Gasteiger partial charge in [-0.2, -0.15) is 0 Å². The molecule has 0 spiro atoms. The first-order chi connectivity index (χ1) is 7.11. The minimum atomic E-state index is -0.749. The summed E-state index contributed by atoms with van der Waals surface area (Å²) in [6, 6.07) is -0.404. The minimum absolute atomic E-state index is 0.404. The highest BCUT2D eigenvalue weighted by Gasteiger charge is 2.15. The molecule has 0 saturated carbocycles. The molecule has 1 atom stereocenters. The van der Waals surface area contributed by atoms with Crippen LogP contribution in [0.3, 0.4) is 0 Å². The molecule has 4 heteroatoms. The van der Waals surface area contributed by atoms with Gasteiger partial charge in [-0.15, -0.1) is 0 Å². The van der Waals surface area contributed by atoms with Crippen molar-refractivity contribution in [2.75, 3.05) is 26.7 Å². The average Bonchev–Trinajstić information content (AvgIpc) is 2.20. The maximum absolute atomic E-state index is 10.8. The maximum atomic E-state index is 10.8. The van der Waals surface area contributed by atoms with Gasteiger partial charge in [-0.25, -0.2) is 0 Å². The summed E-state index contributed by atoms with van der Waals surface area (Å²) in [6.45, 7) is 6.68. The summed E-state index contributed by atoms with van der Waals surface area (Å²) >= 11 is 0. The summed E-state index contributed by atoms with van der Waals surface area (Å²) in [5, 5.41) is 11.9. The van der Waals surface area contributed by atoms with Crippen LogP contribution >= 0.6 is 0 Å². The van der Waals surface area contributed by atoms with Crippen molar-refractivity contribution in [3.63, 3.8) is 0 Å². The van der Waals surface area contributed by atoms with Gasteiger partial charge < -0.3 is 15.3 Å². The Balaban J connectivity index is 3.72. The van der Waals surface area contributed by atoms with Gasteiger partial charge in [-0.05, 0) is 39.5 Å². The van der Waals surface area contributed by atoms with Crippen LogP contribution in [0.15, 0.2) is 0 Å². The monoisotopic (exact) mass is 216 g/mol. The lowest BCUT2D eigenvalue weighted by molar-refractivity contribution is -0.139. The largest absolute Gasteiger partial charge is 0.480 e. The molecule has 1 unspecified atom stereocenters. The molecule has 0 radical (unpaired) electrons. The molecule has 0 aliphatic carbocycles. The second-order valence-corrected chi connectivity index (χ2v) is 3.89. The third-order valence-electron chi connectivity index (χ3n) is 2.44. The third-order valence-corrected chi connectivity index (χ3v) is 2.44. The van der Waals surface area contributed by atoms with Gasteiger partial charge in [0.15, 0.2) is 0 Å². The molecule has 0 aromatic carbocycles. The Bertz CT molecular complexity index is 174. The highest BCUT2D eigenvalue weighted by molar-refractivity contribution is 5.73. The van der Waals surface area contributed by atoms with Crippen LogP contribution < -0.4 is 5.32 Å². The van der Waals surface area contributed by atoms with Crippen molar-refractivity contribution < 1.29 is 9.90 Å². The highest BCUT2D eigenvalue weighted by atomic mass is 16.4. The molecule has 0 aliphatic heterocycles. The Morgan fingerprint density at radius 1 is 1.40 bits per heavy atom. The number of rotatable bonds is 9. The van der Waals surface area contributed by atoms with Crippen LogP contribution in [0.25, 0.3) is 0 Å². The molecule has 0 aromatic heterocycles. The lowest BCUT2D eigenvalue weighted by Gasteiger charge is -2.19. The van der Waals surface area contributed by atoms with Crippen LogP contribution in [0.1, 0.15) is 33.1 Å². The number of hydrogen-bond acceptors (Lipinski definition) is 3. The molecule has 15 heavy (non-hydrogen) atoms. The van der Waals surface area contributed by atoms with E-state index in [0.29, 0.717) is 13.0 Å². The Morgan fingerprint density at radius 3 is 2.53 bits per heavy atom. The van der Waals surface area contributed by atoms with Crippen LogP contribution in [0.2, 0.25) is 0 Å². The van der Waals surface area contributed by atoms with Crippen molar-refractivity contribution in [2.24, 2.45) is 0 Å². The van der Waals surface area contributed by atoms with Crippen molar-refractivity contribution in [1.29, 1.82) is 0 Å². The van der Waals surface area contributed by atoms with Gasteiger partial charge >= 0.3 is 5.97 Å². The Morgan fingerprint density at radius 2 is 2.07 bits per heavy atom. The SMILES string of the molecule is CCCCN(C)CCC(NCC)C(=O)O. The molecular formula is C11H24N2O2. The Labute approximate surface area is 92.7 Å². The van der Waals surface area contributed by atoms with Crippen molar-refractivity contribution in [3.8, 4) is 0 Å². The lowest BCUT2D eigenvalue weighted by atomic mass is 10.2. The van der Waals surface area contributed by atoms with Gasteiger partial charge in [-0.3, -0.25) is 4.79 Å². The summed E-state index contributed by atoms with van der Waals surface area (Å²) in [5.41, 5.74) is 0. The fraction of sp³-hybridized carbons (Fsp3) is 0.909. The number of carboxylic acid groups (broad SMARTS) is 1. The summed E-state index contributed by atoms with van der Waals surface area (Å²) in [5.74, 6) is -0.749. The zero-order valence-corrected chi connectivity index (χ0v) is 10.1. The molecule has 0 amide bonds. The predicted molar refractivity (Wildman–Crippen MR) is 62.1 cm³/mol. The molecule has 0 saturated heterocycles. The minimum Gasteiger partial charge on any atom is -0.480 e. The number of likely N-dealkylation sites (N-methyl/N-ethyl adjacent to an activating group) is 1. The second kappa shape index (κ2) is 8.68. The molecule has 0 aliphatic rings. The quantitative estimate of drug-likeness (QED) is 0.607. The number of carbonyl (C=O) groups is 1. The topological polar surface area (TPSA) is 52.6 Å². The smallest absolute Gasteiger partial charge is 0.320 e. The average molecular weight is 216 g/mol. The number of carboxylic acids is 1. The second-order valence-electron chi connectivity index (χ2n) is 3.89. The summed E-state index contributed by atoms with van der Waals surface area (Å²) in [7, 11) is 2.04. The molecule has 0 bridgehead atoms. The Hall–Kier alpha value is -0.610. The molecule has 0 rings (SSSR count). The van der Waals surface area contributed by atoms with Crippen LogP contribution in [-0.2, 0) is 4.79 Å². The van der Waals surface area contributed by atoms with Gasteiger partial charge in [0.2, 0.25) is 0 Å². The first kappa shape index (κ1) is 14.4. The number of nitrogens with zero attached hydrogens (tertiary/aromatic N) is 1. The predicted octanol–water partition coefficient (Wildman–Crippen LogP) is 1.17. The first-order valence-electron chi connectivity index (χ1n) is 5.76. The van der Waals surface area contributed by atoms with Crippen molar-refractivity contribution in [3.05, 3.63) is 0 Å². The third kappa shape index (κ3) is 7.33. The van der Waals surface area contributed by atoms with Gasteiger partial charge in [0.1, 0.15) is 6.04 Å². The number of nitrogens with one attached hydrogen (secondary N) is 1. The first-order valence-corrected chi connectivity index (χ1v) is 5.76. The number of unbranched alkanes of at least 4 members (excludes halogenated alkanes) is 1.